The molecule has 2 aromatic rings. The molecule has 1 saturated heterocycles. The number of hydrogen-bond donors (Lipinski definition) is 1. The van der Waals surface area contributed by atoms with Crippen LogP contribution >= 0.6 is 11.6 Å². The van der Waals surface area contributed by atoms with Crippen LogP contribution < -0.4 is 5.32 Å². The lowest BCUT2D eigenvalue weighted by Gasteiger charge is -2.17. The van der Waals surface area contributed by atoms with Crippen molar-refractivity contribution in [2.45, 2.75) is 32.4 Å². The number of nitrogens with zero attached hydrogens (tertiary/aromatic N) is 1. The molecule has 0 bridgehead atoms. The number of benzene rings is 2. The van der Waals surface area contributed by atoms with E-state index in [-0.39, 0.29) is 17.9 Å². The van der Waals surface area contributed by atoms with Gasteiger partial charge in [-0.2, -0.15) is 0 Å². The SMILES string of the molecule is CC(NC(=O)c1ccc(CN2CCCC2=O)cc1)c1ccccc1Cl. The van der Waals surface area contributed by atoms with E-state index in [2.05, 4.69) is 5.32 Å². The van der Waals surface area contributed by atoms with Crippen molar-refractivity contribution < 1.29 is 9.59 Å². The lowest BCUT2D eigenvalue weighted by Crippen LogP contribution is -2.27. The minimum absolute atomic E-state index is 0.142. The third kappa shape index (κ3) is 4.20. The standard InChI is InChI=1S/C20H21ClN2O2/c1-14(17-5-2-3-6-18(17)21)22-20(25)16-10-8-15(9-11-16)13-23-12-4-7-19(23)24/h2-3,5-6,8-11,14H,4,7,12-13H2,1H3,(H,22,25). The molecule has 5 heteroatoms. The Morgan fingerprint density at radius 2 is 1.92 bits per heavy atom. The highest BCUT2D eigenvalue weighted by Gasteiger charge is 2.20. The Hall–Kier alpha value is -2.33. The summed E-state index contributed by atoms with van der Waals surface area (Å²) in [6, 6.07) is 14.7. The first-order valence-electron chi connectivity index (χ1n) is 8.46. The van der Waals surface area contributed by atoms with Crippen LogP contribution in [0.25, 0.3) is 0 Å². The molecular weight excluding hydrogens is 336 g/mol. The molecule has 1 heterocycles. The average molecular weight is 357 g/mol. The number of rotatable bonds is 5. The molecule has 0 saturated carbocycles. The van der Waals surface area contributed by atoms with Gasteiger partial charge in [0.15, 0.2) is 0 Å². The fourth-order valence-corrected chi connectivity index (χ4v) is 3.34. The van der Waals surface area contributed by atoms with Crippen LogP contribution in [0, 0.1) is 0 Å². The van der Waals surface area contributed by atoms with Crippen LogP contribution in [-0.4, -0.2) is 23.3 Å². The third-order valence-corrected chi connectivity index (χ3v) is 4.82. The van der Waals surface area contributed by atoms with E-state index in [1.807, 2.05) is 48.2 Å². The Morgan fingerprint density at radius 3 is 2.56 bits per heavy atom. The molecule has 0 spiro atoms. The molecule has 0 aliphatic carbocycles. The Kier molecular flexibility index (Phi) is 5.39. The first-order valence-corrected chi connectivity index (χ1v) is 8.84. The molecule has 0 radical (unpaired) electrons. The highest BCUT2D eigenvalue weighted by molar-refractivity contribution is 6.31. The summed E-state index contributed by atoms with van der Waals surface area (Å²) in [4.78, 5) is 26.0. The summed E-state index contributed by atoms with van der Waals surface area (Å²) in [6.07, 6.45) is 1.57. The second-order valence-electron chi connectivity index (χ2n) is 6.33. The number of amides is 2. The van der Waals surface area contributed by atoms with Gasteiger partial charge in [0.1, 0.15) is 0 Å². The molecule has 4 nitrogen and oxygen atoms in total. The smallest absolute Gasteiger partial charge is 0.251 e. The van der Waals surface area contributed by atoms with E-state index >= 15 is 0 Å². The molecule has 1 fully saturated rings. The van der Waals surface area contributed by atoms with Crippen molar-refractivity contribution in [2.24, 2.45) is 0 Å². The summed E-state index contributed by atoms with van der Waals surface area (Å²) >= 11 is 6.18. The Balaban J connectivity index is 1.62. The predicted molar refractivity (Wildman–Crippen MR) is 98.4 cm³/mol. The van der Waals surface area contributed by atoms with Crippen molar-refractivity contribution in [1.29, 1.82) is 0 Å². The fraction of sp³-hybridized carbons (Fsp3) is 0.300. The van der Waals surface area contributed by atoms with Crippen molar-refractivity contribution in [1.82, 2.24) is 10.2 Å². The molecule has 130 valence electrons. The van der Waals surface area contributed by atoms with Gasteiger partial charge in [-0.25, -0.2) is 0 Å². The number of halogens is 1. The molecule has 1 aliphatic heterocycles. The van der Waals surface area contributed by atoms with E-state index in [0.717, 1.165) is 24.1 Å². The molecule has 1 atom stereocenters. The summed E-state index contributed by atoms with van der Waals surface area (Å²) in [5.41, 5.74) is 2.52. The van der Waals surface area contributed by atoms with Gasteiger partial charge in [0.2, 0.25) is 5.91 Å². The van der Waals surface area contributed by atoms with Gasteiger partial charge in [-0.1, -0.05) is 41.9 Å². The molecular formula is C20H21ClN2O2. The largest absolute Gasteiger partial charge is 0.345 e. The van der Waals surface area contributed by atoms with Crippen LogP contribution in [-0.2, 0) is 11.3 Å². The molecule has 1 unspecified atom stereocenters. The van der Waals surface area contributed by atoms with Gasteiger partial charge >= 0.3 is 0 Å². The summed E-state index contributed by atoms with van der Waals surface area (Å²) in [6.45, 7) is 3.33. The van der Waals surface area contributed by atoms with Crippen LogP contribution in [0.4, 0.5) is 0 Å². The normalized spacial score (nSPS) is 15.3. The van der Waals surface area contributed by atoms with Gasteiger partial charge in [-0.3, -0.25) is 9.59 Å². The van der Waals surface area contributed by atoms with Crippen LogP contribution in [0.1, 0.15) is 47.3 Å². The quantitative estimate of drug-likeness (QED) is 0.881. The first-order chi connectivity index (χ1) is 12.0. The van der Waals surface area contributed by atoms with Crippen LogP contribution in [0.3, 0.4) is 0 Å². The minimum Gasteiger partial charge on any atom is -0.345 e. The van der Waals surface area contributed by atoms with Gasteiger partial charge in [0, 0.05) is 30.1 Å². The highest BCUT2D eigenvalue weighted by atomic mass is 35.5. The second kappa shape index (κ2) is 7.70. The topological polar surface area (TPSA) is 49.4 Å². The van der Waals surface area contributed by atoms with Crippen LogP contribution in [0.2, 0.25) is 5.02 Å². The zero-order chi connectivity index (χ0) is 17.8. The monoisotopic (exact) mass is 356 g/mol. The van der Waals surface area contributed by atoms with E-state index in [1.54, 1.807) is 12.1 Å². The van der Waals surface area contributed by atoms with Crippen molar-refractivity contribution in [3.8, 4) is 0 Å². The zero-order valence-corrected chi connectivity index (χ0v) is 14.9. The second-order valence-corrected chi connectivity index (χ2v) is 6.74. The van der Waals surface area contributed by atoms with Gasteiger partial charge < -0.3 is 10.2 Å². The number of carbonyl (C=O) groups excluding carboxylic acids is 2. The van der Waals surface area contributed by atoms with Gasteiger partial charge in [-0.15, -0.1) is 0 Å². The maximum atomic E-state index is 12.4. The van der Waals surface area contributed by atoms with E-state index in [1.165, 1.54) is 0 Å². The number of hydrogen-bond acceptors (Lipinski definition) is 2. The lowest BCUT2D eigenvalue weighted by molar-refractivity contribution is -0.128. The summed E-state index contributed by atoms with van der Waals surface area (Å²) in [5, 5.41) is 3.60. The van der Waals surface area contributed by atoms with E-state index in [0.29, 0.717) is 23.6 Å². The first kappa shape index (κ1) is 17.5. The van der Waals surface area contributed by atoms with Crippen molar-refractivity contribution in [2.75, 3.05) is 6.54 Å². The molecule has 2 amide bonds. The number of likely N-dealkylation sites (tertiary alicyclic amines) is 1. The maximum Gasteiger partial charge on any atom is 0.251 e. The summed E-state index contributed by atoms with van der Waals surface area (Å²) < 4.78 is 0. The van der Waals surface area contributed by atoms with Gasteiger partial charge in [0.05, 0.1) is 6.04 Å². The Morgan fingerprint density at radius 1 is 1.20 bits per heavy atom. The molecule has 25 heavy (non-hydrogen) atoms. The maximum absolute atomic E-state index is 12.4. The molecule has 0 aromatic heterocycles. The van der Waals surface area contributed by atoms with E-state index < -0.39 is 0 Å². The predicted octanol–water partition coefficient (Wildman–Crippen LogP) is 3.95. The lowest BCUT2D eigenvalue weighted by atomic mass is 10.1. The number of carbonyl (C=O) groups is 2. The van der Waals surface area contributed by atoms with Gasteiger partial charge in [-0.05, 0) is 42.7 Å². The molecule has 2 aromatic carbocycles. The van der Waals surface area contributed by atoms with Crippen LogP contribution in [0.5, 0.6) is 0 Å². The Bertz CT molecular complexity index is 774. The fourth-order valence-electron chi connectivity index (χ4n) is 3.04. The summed E-state index contributed by atoms with van der Waals surface area (Å²) in [5.74, 6) is 0.0617. The van der Waals surface area contributed by atoms with E-state index in [4.69, 9.17) is 11.6 Å². The number of nitrogens with one attached hydrogen (secondary N) is 1. The molecule has 1 N–H and O–H groups in total. The average Bonchev–Trinajstić information content (AvgIpc) is 3.00. The van der Waals surface area contributed by atoms with Crippen molar-refractivity contribution >= 4 is 23.4 Å². The van der Waals surface area contributed by atoms with Crippen LogP contribution in [0.15, 0.2) is 48.5 Å². The summed E-state index contributed by atoms with van der Waals surface area (Å²) in [7, 11) is 0. The van der Waals surface area contributed by atoms with Gasteiger partial charge in [0.25, 0.3) is 5.91 Å². The molecule has 1 aliphatic rings. The van der Waals surface area contributed by atoms with Crippen molar-refractivity contribution in [3.63, 3.8) is 0 Å². The van der Waals surface area contributed by atoms with Crippen molar-refractivity contribution in [3.05, 3.63) is 70.2 Å². The third-order valence-electron chi connectivity index (χ3n) is 4.48. The Labute approximate surface area is 152 Å². The van der Waals surface area contributed by atoms with E-state index in [9.17, 15) is 9.59 Å². The molecule has 3 rings (SSSR count). The zero-order valence-electron chi connectivity index (χ0n) is 14.2. The highest BCUT2D eigenvalue weighted by Crippen LogP contribution is 2.22. The minimum atomic E-state index is -0.178.